The summed E-state index contributed by atoms with van der Waals surface area (Å²) in [5.74, 6) is -0.137. The van der Waals surface area contributed by atoms with Crippen LogP contribution in [0.4, 0.5) is 0 Å². The van der Waals surface area contributed by atoms with E-state index >= 15 is 0 Å². The number of nitrogens with zero attached hydrogens (tertiary/aromatic N) is 3. The molecule has 0 fully saturated rings. The summed E-state index contributed by atoms with van der Waals surface area (Å²) in [5.41, 5.74) is 2.35. The second kappa shape index (κ2) is 4.01. The minimum atomic E-state index is -0.137. The summed E-state index contributed by atoms with van der Waals surface area (Å²) in [5, 5.41) is 8.40. The van der Waals surface area contributed by atoms with Gasteiger partial charge < -0.3 is 4.90 Å². The minimum absolute atomic E-state index is 0.107. The molecule has 1 rings (SSSR count). The quantitative estimate of drug-likeness (QED) is 0.663. The average molecular weight is 195 g/mol. The molecule has 0 saturated heterocycles. The Hall–Kier alpha value is -1.41. The van der Waals surface area contributed by atoms with E-state index < -0.39 is 0 Å². The summed E-state index contributed by atoms with van der Waals surface area (Å²) in [4.78, 5) is 17.5. The molecule has 0 aromatic carbocycles. The third kappa shape index (κ3) is 2.04. The molecule has 0 unspecified atom stereocenters. The maximum Gasteiger partial charge on any atom is 0.266 e. The molecule has 13 heavy (non-hydrogen) atoms. The van der Waals surface area contributed by atoms with Crippen LogP contribution in [0.25, 0.3) is 0 Å². The number of hydrogen-bond acceptors (Lipinski definition) is 4. The topological polar surface area (TPSA) is 57.0 Å². The summed E-state index contributed by atoms with van der Waals surface area (Å²) in [6.45, 7) is 1.89. The second-order valence-corrected chi connectivity index (χ2v) is 3.44. The third-order valence-corrected chi connectivity index (χ3v) is 2.51. The van der Waals surface area contributed by atoms with E-state index in [0.717, 1.165) is 5.69 Å². The molecule has 4 nitrogen and oxygen atoms in total. The zero-order chi connectivity index (χ0) is 9.84. The Kier molecular flexibility index (Phi) is 2.98. The lowest BCUT2D eigenvalue weighted by Crippen LogP contribution is -2.26. The van der Waals surface area contributed by atoms with Crippen molar-refractivity contribution in [3.05, 3.63) is 16.1 Å². The Morgan fingerprint density at radius 3 is 3.00 bits per heavy atom. The smallest absolute Gasteiger partial charge is 0.266 e. The lowest BCUT2D eigenvalue weighted by atomic mass is 10.3. The predicted octanol–water partition coefficient (Wildman–Crippen LogP) is 1.05. The van der Waals surface area contributed by atoms with Gasteiger partial charge in [-0.1, -0.05) is 0 Å². The molecule has 0 N–H and O–H groups in total. The van der Waals surface area contributed by atoms with E-state index in [-0.39, 0.29) is 12.5 Å². The summed E-state index contributed by atoms with van der Waals surface area (Å²) in [6.07, 6.45) is 0. The molecule has 5 heteroatoms. The van der Waals surface area contributed by atoms with Gasteiger partial charge in [0.15, 0.2) is 0 Å². The highest BCUT2D eigenvalue weighted by atomic mass is 32.1. The molecule has 1 amide bonds. The van der Waals surface area contributed by atoms with Gasteiger partial charge in [0.2, 0.25) is 0 Å². The van der Waals surface area contributed by atoms with Crippen LogP contribution in [0.3, 0.4) is 0 Å². The molecule has 0 saturated carbocycles. The van der Waals surface area contributed by atoms with Gasteiger partial charge in [-0.25, -0.2) is 4.98 Å². The first-order valence-electron chi connectivity index (χ1n) is 3.69. The maximum absolute atomic E-state index is 11.6. The van der Waals surface area contributed by atoms with Crippen LogP contribution >= 0.6 is 11.3 Å². The first-order chi connectivity index (χ1) is 6.16. The van der Waals surface area contributed by atoms with E-state index in [2.05, 4.69) is 4.98 Å². The number of aromatic nitrogens is 1. The largest absolute Gasteiger partial charge is 0.328 e. The van der Waals surface area contributed by atoms with Crippen molar-refractivity contribution in [3.8, 4) is 6.07 Å². The molecule has 1 aromatic heterocycles. The van der Waals surface area contributed by atoms with Crippen molar-refractivity contribution in [2.45, 2.75) is 6.92 Å². The molecule has 1 heterocycles. The second-order valence-electron chi connectivity index (χ2n) is 2.59. The summed E-state index contributed by atoms with van der Waals surface area (Å²) >= 11 is 1.30. The summed E-state index contributed by atoms with van der Waals surface area (Å²) < 4.78 is 0. The van der Waals surface area contributed by atoms with Gasteiger partial charge in [0.05, 0.1) is 17.3 Å². The van der Waals surface area contributed by atoms with Crippen LogP contribution < -0.4 is 0 Å². The Bertz CT molecular complexity index is 353. The Morgan fingerprint density at radius 2 is 2.54 bits per heavy atom. The van der Waals surface area contributed by atoms with E-state index in [1.807, 2.05) is 6.07 Å². The summed E-state index contributed by atoms with van der Waals surface area (Å²) in [6, 6.07) is 1.92. The van der Waals surface area contributed by atoms with Crippen LogP contribution in [0.5, 0.6) is 0 Å². The number of nitriles is 1. The molecule has 0 spiro atoms. The van der Waals surface area contributed by atoms with E-state index in [9.17, 15) is 4.79 Å². The van der Waals surface area contributed by atoms with Gasteiger partial charge in [0.1, 0.15) is 11.4 Å². The molecular formula is C8H9N3OS. The van der Waals surface area contributed by atoms with Gasteiger partial charge in [-0.3, -0.25) is 4.79 Å². The molecule has 68 valence electrons. The zero-order valence-corrected chi connectivity index (χ0v) is 8.26. The van der Waals surface area contributed by atoms with Crippen molar-refractivity contribution in [1.82, 2.24) is 9.88 Å². The minimum Gasteiger partial charge on any atom is -0.328 e. The standard InChI is InChI=1S/C8H9N3OS/c1-6-7(13-5-10-6)8(12)11(2)4-3-9/h5H,4H2,1-2H3. The number of amides is 1. The predicted molar refractivity (Wildman–Crippen MR) is 49.4 cm³/mol. The molecule has 0 aliphatic rings. The number of rotatable bonds is 2. The molecule has 0 radical (unpaired) electrons. The lowest BCUT2D eigenvalue weighted by Gasteiger charge is -2.11. The van der Waals surface area contributed by atoms with E-state index in [0.29, 0.717) is 4.88 Å². The lowest BCUT2D eigenvalue weighted by molar-refractivity contribution is 0.0816. The fraction of sp³-hybridized carbons (Fsp3) is 0.375. The van der Waals surface area contributed by atoms with Gasteiger partial charge in [-0.05, 0) is 6.92 Å². The van der Waals surface area contributed by atoms with Crippen molar-refractivity contribution in [1.29, 1.82) is 5.26 Å². The number of carbonyl (C=O) groups excluding carboxylic acids is 1. The number of aryl methyl sites for hydroxylation is 1. The molecule has 0 aliphatic carbocycles. The molecule has 0 bridgehead atoms. The molecular weight excluding hydrogens is 186 g/mol. The van der Waals surface area contributed by atoms with Crippen LogP contribution in [0, 0.1) is 18.3 Å². The van der Waals surface area contributed by atoms with Gasteiger partial charge in [0, 0.05) is 7.05 Å². The van der Waals surface area contributed by atoms with Crippen molar-refractivity contribution < 1.29 is 4.79 Å². The Balaban J connectivity index is 2.81. The maximum atomic E-state index is 11.6. The SMILES string of the molecule is Cc1ncsc1C(=O)N(C)CC#N. The van der Waals surface area contributed by atoms with E-state index in [1.165, 1.54) is 16.2 Å². The number of thiazole rings is 1. The van der Waals surface area contributed by atoms with Crippen LogP contribution in [-0.2, 0) is 0 Å². The number of carbonyl (C=O) groups is 1. The highest BCUT2D eigenvalue weighted by Gasteiger charge is 2.15. The van der Waals surface area contributed by atoms with Gasteiger partial charge in [-0.15, -0.1) is 11.3 Å². The first-order valence-corrected chi connectivity index (χ1v) is 4.57. The molecule has 0 aliphatic heterocycles. The molecule has 1 aromatic rings. The highest BCUT2D eigenvalue weighted by Crippen LogP contribution is 2.13. The van der Waals surface area contributed by atoms with Gasteiger partial charge in [-0.2, -0.15) is 5.26 Å². The van der Waals surface area contributed by atoms with Crippen molar-refractivity contribution in [2.75, 3.05) is 13.6 Å². The molecule has 0 atom stereocenters. The van der Waals surface area contributed by atoms with Crippen LogP contribution in [-0.4, -0.2) is 29.4 Å². The Labute approximate surface area is 80.4 Å². The third-order valence-electron chi connectivity index (χ3n) is 1.59. The highest BCUT2D eigenvalue weighted by molar-refractivity contribution is 7.11. The summed E-state index contributed by atoms with van der Waals surface area (Å²) in [7, 11) is 1.60. The van der Waals surface area contributed by atoms with Gasteiger partial charge >= 0.3 is 0 Å². The first kappa shape index (κ1) is 9.68. The number of hydrogen-bond donors (Lipinski definition) is 0. The monoisotopic (exact) mass is 195 g/mol. The van der Waals surface area contributed by atoms with Crippen LogP contribution in [0.1, 0.15) is 15.4 Å². The fourth-order valence-electron chi connectivity index (χ4n) is 0.858. The van der Waals surface area contributed by atoms with E-state index in [1.54, 1.807) is 19.5 Å². The van der Waals surface area contributed by atoms with E-state index in [4.69, 9.17) is 5.26 Å². The van der Waals surface area contributed by atoms with Crippen molar-refractivity contribution in [2.24, 2.45) is 0 Å². The van der Waals surface area contributed by atoms with Crippen molar-refractivity contribution >= 4 is 17.2 Å². The Morgan fingerprint density at radius 1 is 1.85 bits per heavy atom. The fourth-order valence-corrected chi connectivity index (χ4v) is 1.65. The van der Waals surface area contributed by atoms with Gasteiger partial charge in [0.25, 0.3) is 5.91 Å². The zero-order valence-electron chi connectivity index (χ0n) is 7.44. The van der Waals surface area contributed by atoms with Crippen LogP contribution in [0.15, 0.2) is 5.51 Å². The van der Waals surface area contributed by atoms with Crippen molar-refractivity contribution in [3.63, 3.8) is 0 Å². The normalized spacial score (nSPS) is 9.31. The van der Waals surface area contributed by atoms with Crippen LogP contribution in [0.2, 0.25) is 0 Å². The average Bonchev–Trinajstić information content (AvgIpc) is 2.50.